The molecule has 0 aliphatic heterocycles. The molecule has 1 aromatic rings. The highest BCUT2D eigenvalue weighted by Crippen LogP contribution is 2.26. The van der Waals surface area contributed by atoms with E-state index in [1.165, 1.54) is 20.9 Å². The number of anilines is 1. The maximum atomic E-state index is 13.5. The second-order valence-corrected chi connectivity index (χ2v) is 4.80. The zero-order valence-corrected chi connectivity index (χ0v) is 11.7. The van der Waals surface area contributed by atoms with E-state index in [2.05, 4.69) is 10.6 Å². The van der Waals surface area contributed by atoms with E-state index >= 15 is 0 Å². The lowest BCUT2D eigenvalue weighted by Gasteiger charge is -2.22. The van der Waals surface area contributed by atoms with Crippen LogP contribution in [0.15, 0.2) is 12.1 Å². The molecule has 0 heterocycles. The standard InChI is InChI=1S/C12H15FN4O4/c1-12(2,11(14)19)16-10(18)6-4-8(15-3)7(13)5-9(6)17(20)21/h4-5,15H,1-3H3,(H2,14,19)(H,16,18). The van der Waals surface area contributed by atoms with E-state index in [1.54, 1.807) is 0 Å². The van der Waals surface area contributed by atoms with Gasteiger partial charge in [-0.2, -0.15) is 0 Å². The van der Waals surface area contributed by atoms with E-state index in [4.69, 9.17) is 5.73 Å². The number of amides is 2. The fourth-order valence-corrected chi connectivity index (χ4v) is 1.50. The average Bonchev–Trinajstić information content (AvgIpc) is 2.37. The Bertz CT molecular complexity index is 616. The van der Waals surface area contributed by atoms with Crippen molar-refractivity contribution in [2.24, 2.45) is 5.73 Å². The number of halogens is 1. The van der Waals surface area contributed by atoms with E-state index in [-0.39, 0.29) is 11.3 Å². The van der Waals surface area contributed by atoms with Gasteiger partial charge in [-0.3, -0.25) is 19.7 Å². The number of nitrogens with one attached hydrogen (secondary N) is 2. The molecule has 0 atom stereocenters. The van der Waals surface area contributed by atoms with Crippen LogP contribution in [-0.4, -0.2) is 29.3 Å². The second-order valence-electron chi connectivity index (χ2n) is 4.80. The highest BCUT2D eigenvalue weighted by atomic mass is 19.1. The van der Waals surface area contributed by atoms with Crippen molar-refractivity contribution in [1.29, 1.82) is 0 Å². The number of nitro benzene ring substituents is 1. The first-order valence-electron chi connectivity index (χ1n) is 5.88. The van der Waals surface area contributed by atoms with Crippen LogP contribution in [0.1, 0.15) is 24.2 Å². The maximum Gasteiger partial charge on any atom is 0.285 e. The molecule has 0 fully saturated rings. The molecule has 0 aliphatic rings. The molecule has 0 radical (unpaired) electrons. The van der Waals surface area contributed by atoms with Crippen molar-refractivity contribution >= 4 is 23.2 Å². The van der Waals surface area contributed by atoms with Gasteiger partial charge in [-0.15, -0.1) is 0 Å². The molecule has 9 heteroatoms. The Balaban J connectivity index is 3.31. The smallest absolute Gasteiger partial charge is 0.285 e. The molecule has 0 unspecified atom stereocenters. The van der Waals surface area contributed by atoms with Crippen molar-refractivity contribution in [2.75, 3.05) is 12.4 Å². The van der Waals surface area contributed by atoms with Crippen molar-refractivity contribution in [3.63, 3.8) is 0 Å². The number of benzene rings is 1. The van der Waals surface area contributed by atoms with Crippen LogP contribution >= 0.6 is 0 Å². The normalized spacial score (nSPS) is 10.9. The molecule has 2 amide bonds. The first-order valence-corrected chi connectivity index (χ1v) is 5.88. The largest absolute Gasteiger partial charge is 0.386 e. The van der Waals surface area contributed by atoms with Gasteiger partial charge in [0.1, 0.15) is 11.1 Å². The lowest BCUT2D eigenvalue weighted by Crippen LogP contribution is -2.53. The van der Waals surface area contributed by atoms with Gasteiger partial charge in [-0.1, -0.05) is 0 Å². The van der Waals surface area contributed by atoms with Crippen LogP contribution in [0.3, 0.4) is 0 Å². The quantitative estimate of drug-likeness (QED) is 0.546. The monoisotopic (exact) mass is 298 g/mol. The number of hydrogen-bond donors (Lipinski definition) is 3. The predicted molar refractivity (Wildman–Crippen MR) is 73.3 cm³/mol. The van der Waals surface area contributed by atoms with Crippen LogP contribution in [0, 0.1) is 15.9 Å². The third-order valence-electron chi connectivity index (χ3n) is 2.84. The molecule has 4 N–H and O–H groups in total. The molecule has 0 aromatic heterocycles. The summed E-state index contributed by atoms with van der Waals surface area (Å²) in [6.07, 6.45) is 0. The van der Waals surface area contributed by atoms with Gasteiger partial charge in [0.15, 0.2) is 5.82 Å². The third kappa shape index (κ3) is 3.44. The lowest BCUT2D eigenvalue weighted by atomic mass is 10.0. The Morgan fingerprint density at radius 1 is 1.38 bits per heavy atom. The number of nitrogens with zero attached hydrogens (tertiary/aromatic N) is 1. The number of primary amides is 1. The van der Waals surface area contributed by atoms with Crippen molar-refractivity contribution in [3.8, 4) is 0 Å². The summed E-state index contributed by atoms with van der Waals surface area (Å²) in [6, 6.07) is 1.64. The van der Waals surface area contributed by atoms with E-state index in [0.29, 0.717) is 6.07 Å². The Hall–Kier alpha value is -2.71. The molecular formula is C12H15FN4O4. The molecule has 1 rings (SSSR count). The molecule has 0 spiro atoms. The summed E-state index contributed by atoms with van der Waals surface area (Å²) in [6.45, 7) is 2.70. The first-order chi connectivity index (χ1) is 9.60. The SMILES string of the molecule is CNc1cc(C(=O)NC(C)(C)C(N)=O)c([N+](=O)[O-])cc1F. The zero-order chi connectivity index (χ0) is 16.4. The average molecular weight is 298 g/mol. The van der Waals surface area contributed by atoms with Crippen LogP contribution in [0.5, 0.6) is 0 Å². The molecule has 0 saturated heterocycles. The molecule has 1 aromatic carbocycles. The van der Waals surface area contributed by atoms with Gasteiger partial charge in [0, 0.05) is 7.05 Å². The minimum Gasteiger partial charge on any atom is -0.386 e. The van der Waals surface area contributed by atoms with Crippen LogP contribution in [-0.2, 0) is 4.79 Å². The lowest BCUT2D eigenvalue weighted by molar-refractivity contribution is -0.385. The summed E-state index contributed by atoms with van der Waals surface area (Å²) in [4.78, 5) is 33.3. The number of nitrogens with two attached hydrogens (primary N) is 1. The van der Waals surface area contributed by atoms with Crippen molar-refractivity contribution in [3.05, 3.63) is 33.6 Å². The first kappa shape index (κ1) is 16.3. The van der Waals surface area contributed by atoms with Gasteiger partial charge in [-0.25, -0.2) is 4.39 Å². The Morgan fingerprint density at radius 2 is 1.95 bits per heavy atom. The molecular weight excluding hydrogens is 283 g/mol. The van der Waals surface area contributed by atoms with Crippen LogP contribution in [0.2, 0.25) is 0 Å². The molecule has 0 saturated carbocycles. The second kappa shape index (κ2) is 5.73. The van der Waals surface area contributed by atoms with Gasteiger partial charge < -0.3 is 16.4 Å². The van der Waals surface area contributed by atoms with Gasteiger partial charge in [-0.05, 0) is 19.9 Å². The fourth-order valence-electron chi connectivity index (χ4n) is 1.50. The zero-order valence-electron chi connectivity index (χ0n) is 11.7. The number of rotatable bonds is 5. The highest BCUT2D eigenvalue weighted by Gasteiger charge is 2.31. The Labute approximate surface area is 119 Å². The minimum absolute atomic E-state index is 0.0809. The minimum atomic E-state index is -1.40. The van der Waals surface area contributed by atoms with Crippen LogP contribution < -0.4 is 16.4 Å². The van der Waals surface area contributed by atoms with Crippen molar-refractivity contribution < 1.29 is 18.9 Å². The fraction of sp³-hybridized carbons (Fsp3) is 0.333. The van der Waals surface area contributed by atoms with E-state index in [9.17, 15) is 24.1 Å². The topological polar surface area (TPSA) is 127 Å². The van der Waals surface area contributed by atoms with E-state index in [1.807, 2.05) is 0 Å². The molecule has 0 aliphatic carbocycles. The number of carbonyl (C=O) groups excluding carboxylic acids is 2. The highest BCUT2D eigenvalue weighted by molar-refractivity contribution is 6.02. The summed E-state index contributed by atoms with van der Waals surface area (Å²) >= 11 is 0. The van der Waals surface area contributed by atoms with Crippen LogP contribution in [0.4, 0.5) is 15.8 Å². The van der Waals surface area contributed by atoms with Crippen LogP contribution in [0.25, 0.3) is 0 Å². The maximum absolute atomic E-state index is 13.5. The van der Waals surface area contributed by atoms with Gasteiger partial charge in [0.25, 0.3) is 11.6 Å². The Morgan fingerprint density at radius 3 is 2.38 bits per heavy atom. The van der Waals surface area contributed by atoms with Gasteiger partial charge in [0.05, 0.1) is 16.7 Å². The summed E-state index contributed by atoms with van der Waals surface area (Å²) < 4.78 is 13.5. The van der Waals surface area contributed by atoms with Gasteiger partial charge >= 0.3 is 0 Å². The summed E-state index contributed by atoms with van der Waals surface area (Å²) in [5.74, 6) is -2.58. The summed E-state index contributed by atoms with van der Waals surface area (Å²) in [5.41, 5.74) is 2.55. The van der Waals surface area contributed by atoms with Gasteiger partial charge in [0.2, 0.25) is 5.91 Å². The Kier molecular flexibility index (Phi) is 4.46. The number of nitro groups is 1. The summed E-state index contributed by atoms with van der Waals surface area (Å²) in [5, 5.41) is 15.7. The molecule has 8 nitrogen and oxygen atoms in total. The van der Waals surface area contributed by atoms with Crippen molar-refractivity contribution in [1.82, 2.24) is 5.32 Å². The molecule has 114 valence electrons. The van der Waals surface area contributed by atoms with E-state index in [0.717, 1.165) is 6.07 Å². The predicted octanol–water partition coefficient (Wildman–Crippen LogP) is 0.769. The molecule has 21 heavy (non-hydrogen) atoms. The van der Waals surface area contributed by atoms with Crippen molar-refractivity contribution in [2.45, 2.75) is 19.4 Å². The third-order valence-corrected chi connectivity index (χ3v) is 2.84. The summed E-state index contributed by atoms with van der Waals surface area (Å²) in [7, 11) is 1.40. The van der Waals surface area contributed by atoms with E-state index < -0.39 is 33.8 Å². The molecule has 0 bridgehead atoms. The number of carbonyl (C=O) groups is 2. The number of hydrogen-bond acceptors (Lipinski definition) is 5.